The highest BCUT2D eigenvalue weighted by atomic mass is 32.1. The fourth-order valence-corrected chi connectivity index (χ4v) is 4.83. The molecule has 1 N–H and O–H groups in total. The third kappa shape index (κ3) is 5.04. The lowest BCUT2D eigenvalue weighted by molar-refractivity contribution is -0.127. The van der Waals surface area contributed by atoms with E-state index in [9.17, 15) is 9.59 Å². The number of amides is 2. The van der Waals surface area contributed by atoms with Crippen LogP contribution in [0.25, 0.3) is 10.6 Å². The van der Waals surface area contributed by atoms with E-state index in [4.69, 9.17) is 0 Å². The molecule has 156 valence electrons. The van der Waals surface area contributed by atoms with Gasteiger partial charge in [-0.2, -0.15) is 0 Å². The van der Waals surface area contributed by atoms with E-state index in [0.29, 0.717) is 19.0 Å². The number of carbonyl (C=O) groups is 2. The third-order valence-electron chi connectivity index (χ3n) is 5.67. The molecule has 5 nitrogen and oxygen atoms in total. The topological polar surface area (TPSA) is 62.3 Å². The first-order valence-electron chi connectivity index (χ1n) is 10.4. The molecule has 29 heavy (non-hydrogen) atoms. The Morgan fingerprint density at radius 3 is 2.31 bits per heavy atom. The minimum atomic E-state index is -0.0204. The molecule has 0 aliphatic carbocycles. The zero-order valence-electron chi connectivity index (χ0n) is 18.0. The van der Waals surface area contributed by atoms with E-state index in [1.807, 2.05) is 32.6 Å². The van der Waals surface area contributed by atoms with Crippen molar-refractivity contribution >= 4 is 23.2 Å². The van der Waals surface area contributed by atoms with Gasteiger partial charge in [-0.05, 0) is 46.5 Å². The first kappa shape index (κ1) is 21.5. The van der Waals surface area contributed by atoms with Crippen LogP contribution in [0.1, 0.15) is 54.5 Å². The number of nitrogens with zero attached hydrogens (tertiary/aromatic N) is 2. The number of hydrogen-bond donors (Lipinski definition) is 1. The maximum atomic E-state index is 13.1. The molecular weight excluding hydrogens is 382 g/mol. The maximum absolute atomic E-state index is 13.1. The van der Waals surface area contributed by atoms with Crippen molar-refractivity contribution in [1.29, 1.82) is 0 Å². The van der Waals surface area contributed by atoms with Crippen molar-refractivity contribution in [1.82, 2.24) is 15.2 Å². The second-order valence-corrected chi connectivity index (χ2v) is 9.38. The first-order valence-corrected chi connectivity index (χ1v) is 11.2. The summed E-state index contributed by atoms with van der Waals surface area (Å²) in [4.78, 5) is 32.7. The number of rotatable bonds is 5. The predicted molar refractivity (Wildman–Crippen MR) is 118 cm³/mol. The van der Waals surface area contributed by atoms with Crippen molar-refractivity contribution in [3.63, 3.8) is 0 Å². The molecule has 3 rings (SSSR count). The quantitative estimate of drug-likeness (QED) is 0.788. The highest BCUT2D eigenvalue weighted by Crippen LogP contribution is 2.31. The molecule has 1 atom stereocenters. The summed E-state index contributed by atoms with van der Waals surface area (Å²) in [6, 6.07) is 8.39. The van der Waals surface area contributed by atoms with Gasteiger partial charge in [0.15, 0.2) is 0 Å². The molecule has 6 heteroatoms. The summed E-state index contributed by atoms with van der Waals surface area (Å²) in [5, 5.41) is 3.89. The van der Waals surface area contributed by atoms with Crippen molar-refractivity contribution in [2.24, 2.45) is 11.8 Å². The number of piperidine rings is 1. The van der Waals surface area contributed by atoms with Crippen LogP contribution in [-0.4, -0.2) is 40.8 Å². The number of benzene rings is 1. The molecule has 0 spiro atoms. The molecule has 0 saturated carbocycles. The Bertz CT molecular complexity index is 865. The number of nitrogens with one attached hydrogen (secondary N) is 1. The Kier molecular flexibility index (Phi) is 6.73. The fraction of sp³-hybridized carbons (Fsp3) is 0.522. The molecule has 1 aromatic heterocycles. The van der Waals surface area contributed by atoms with Crippen LogP contribution in [0.4, 0.5) is 0 Å². The highest BCUT2D eigenvalue weighted by molar-refractivity contribution is 7.17. The first-order chi connectivity index (χ1) is 13.8. The van der Waals surface area contributed by atoms with Crippen LogP contribution < -0.4 is 5.32 Å². The number of thiazole rings is 1. The van der Waals surface area contributed by atoms with Crippen LogP contribution in [0.3, 0.4) is 0 Å². The molecule has 2 heterocycles. The smallest absolute Gasteiger partial charge is 0.265 e. The number of aromatic nitrogens is 1. The standard InChI is InChI=1S/C23H31N3O2S/c1-14(2)24-21(27)16(4)18-10-12-26(13-11-18)23(28)20-17(5)25-22(29-20)19-8-6-15(3)7-9-19/h6-9,14,16,18H,10-13H2,1-5H3,(H,24,27). The Balaban J connectivity index is 1.64. The maximum Gasteiger partial charge on any atom is 0.265 e. The molecule has 1 saturated heterocycles. The predicted octanol–water partition coefficient (Wildman–Crippen LogP) is 4.44. The van der Waals surface area contributed by atoms with Crippen LogP contribution in [0.5, 0.6) is 0 Å². The van der Waals surface area contributed by atoms with E-state index in [1.54, 1.807) is 0 Å². The summed E-state index contributed by atoms with van der Waals surface area (Å²) in [7, 11) is 0. The molecule has 0 radical (unpaired) electrons. The van der Waals surface area contributed by atoms with Crippen molar-refractivity contribution < 1.29 is 9.59 Å². The van der Waals surface area contributed by atoms with E-state index >= 15 is 0 Å². The lowest BCUT2D eigenvalue weighted by atomic mass is 9.84. The van der Waals surface area contributed by atoms with Crippen molar-refractivity contribution in [2.45, 2.75) is 53.5 Å². The molecule has 1 aliphatic heterocycles. The Labute approximate surface area is 177 Å². The SMILES string of the molecule is Cc1ccc(-c2nc(C)c(C(=O)N3CCC(C(C)C(=O)NC(C)C)CC3)s2)cc1. The summed E-state index contributed by atoms with van der Waals surface area (Å²) in [5.74, 6) is 0.485. The molecule has 0 bridgehead atoms. The average Bonchev–Trinajstić information content (AvgIpc) is 3.08. The second-order valence-electron chi connectivity index (χ2n) is 8.38. The number of aryl methyl sites for hydroxylation is 2. The van der Waals surface area contributed by atoms with Gasteiger partial charge in [0.2, 0.25) is 5.91 Å². The van der Waals surface area contributed by atoms with E-state index < -0.39 is 0 Å². The van der Waals surface area contributed by atoms with Crippen LogP contribution in [0.2, 0.25) is 0 Å². The number of likely N-dealkylation sites (tertiary alicyclic amines) is 1. The van der Waals surface area contributed by atoms with Gasteiger partial charge in [0, 0.05) is 30.6 Å². The minimum Gasteiger partial charge on any atom is -0.354 e. The average molecular weight is 414 g/mol. The summed E-state index contributed by atoms with van der Waals surface area (Å²) < 4.78 is 0. The molecule has 2 aromatic rings. The van der Waals surface area contributed by atoms with Crippen molar-refractivity contribution in [2.75, 3.05) is 13.1 Å². The van der Waals surface area contributed by atoms with Gasteiger partial charge in [-0.1, -0.05) is 36.8 Å². The van der Waals surface area contributed by atoms with E-state index in [2.05, 4.69) is 41.5 Å². The van der Waals surface area contributed by atoms with Gasteiger partial charge < -0.3 is 10.2 Å². The monoisotopic (exact) mass is 413 g/mol. The van der Waals surface area contributed by atoms with Gasteiger partial charge in [-0.3, -0.25) is 9.59 Å². The van der Waals surface area contributed by atoms with Gasteiger partial charge in [-0.25, -0.2) is 4.98 Å². The number of carbonyl (C=O) groups excluding carboxylic acids is 2. The van der Waals surface area contributed by atoms with Gasteiger partial charge in [0.05, 0.1) is 5.69 Å². The largest absolute Gasteiger partial charge is 0.354 e. The Hall–Kier alpha value is -2.21. The highest BCUT2D eigenvalue weighted by Gasteiger charge is 2.31. The lowest BCUT2D eigenvalue weighted by Crippen LogP contribution is -2.43. The lowest BCUT2D eigenvalue weighted by Gasteiger charge is -2.34. The van der Waals surface area contributed by atoms with E-state index in [-0.39, 0.29) is 23.8 Å². The van der Waals surface area contributed by atoms with Gasteiger partial charge in [0.25, 0.3) is 5.91 Å². The van der Waals surface area contributed by atoms with Gasteiger partial charge >= 0.3 is 0 Å². The molecule has 1 unspecified atom stereocenters. The van der Waals surface area contributed by atoms with Crippen LogP contribution in [0.15, 0.2) is 24.3 Å². The van der Waals surface area contributed by atoms with Gasteiger partial charge in [-0.15, -0.1) is 11.3 Å². The molecule has 1 fully saturated rings. The van der Waals surface area contributed by atoms with Gasteiger partial charge in [0.1, 0.15) is 9.88 Å². The third-order valence-corrected chi connectivity index (χ3v) is 6.86. The molecule has 1 aromatic carbocycles. The summed E-state index contributed by atoms with van der Waals surface area (Å²) >= 11 is 1.47. The van der Waals surface area contributed by atoms with Crippen molar-refractivity contribution in [3.05, 3.63) is 40.4 Å². The van der Waals surface area contributed by atoms with Crippen molar-refractivity contribution in [3.8, 4) is 10.6 Å². The van der Waals surface area contributed by atoms with Crippen LogP contribution in [0, 0.1) is 25.7 Å². The second kappa shape index (κ2) is 9.08. The Morgan fingerprint density at radius 1 is 1.10 bits per heavy atom. The normalized spacial score (nSPS) is 16.1. The van der Waals surface area contributed by atoms with E-state index in [1.165, 1.54) is 16.9 Å². The zero-order chi connectivity index (χ0) is 21.1. The number of hydrogen-bond acceptors (Lipinski definition) is 4. The van der Waals surface area contributed by atoms with E-state index in [0.717, 1.165) is 34.0 Å². The fourth-order valence-electron chi connectivity index (χ4n) is 3.79. The molecular formula is C23H31N3O2S. The summed E-state index contributed by atoms with van der Waals surface area (Å²) in [6.45, 7) is 11.3. The Morgan fingerprint density at radius 2 is 1.72 bits per heavy atom. The summed E-state index contributed by atoms with van der Waals surface area (Å²) in [5.41, 5.74) is 3.05. The van der Waals surface area contributed by atoms with Crippen LogP contribution in [-0.2, 0) is 4.79 Å². The van der Waals surface area contributed by atoms with Crippen LogP contribution >= 0.6 is 11.3 Å². The molecule has 1 aliphatic rings. The summed E-state index contributed by atoms with van der Waals surface area (Å²) in [6.07, 6.45) is 1.72. The molecule has 2 amide bonds. The minimum absolute atomic E-state index is 0.0204. The zero-order valence-corrected chi connectivity index (χ0v) is 18.8.